The average molecular weight is 409 g/mol. The third kappa shape index (κ3) is 3.91. The minimum atomic E-state index is -0.998. The third-order valence-corrected chi connectivity index (χ3v) is 4.98. The van der Waals surface area contributed by atoms with Crippen molar-refractivity contribution in [1.29, 1.82) is 5.26 Å². The summed E-state index contributed by atoms with van der Waals surface area (Å²) in [6.45, 7) is 3.89. The van der Waals surface area contributed by atoms with Gasteiger partial charge in [-0.25, -0.2) is 14.8 Å². The average Bonchev–Trinajstić information content (AvgIpc) is 2.78. The van der Waals surface area contributed by atoms with E-state index in [9.17, 15) is 15.2 Å². The van der Waals surface area contributed by atoms with Gasteiger partial charge in [-0.1, -0.05) is 18.2 Å². The summed E-state index contributed by atoms with van der Waals surface area (Å²) in [6.07, 6.45) is 3.31. The molecule has 152 valence electrons. The highest BCUT2D eigenvalue weighted by molar-refractivity contribution is 5.94. The van der Waals surface area contributed by atoms with E-state index in [-0.39, 0.29) is 17.3 Å². The van der Waals surface area contributed by atoms with E-state index >= 15 is 0 Å². The molecular weight excluding hydrogens is 390 g/mol. The molecule has 2 aromatic carbocycles. The molecule has 4 rings (SSSR count). The van der Waals surface area contributed by atoms with E-state index in [0.29, 0.717) is 28.0 Å². The molecule has 2 N–H and O–H groups in total. The topological polar surface area (TPSA) is 112 Å². The summed E-state index contributed by atoms with van der Waals surface area (Å²) in [5.74, 6) is -0.998. The zero-order valence-corrected chi connectivity index (χ0v) is 17.0. The van der Waals surface area contributed by atoms with Gasteiger partial charge in [-0.05, 0) is 49.7 Å². The smallest absolute Gasteiger partial charge is 0.337 e. The molecule has 0 spiro atoms. The van der Waals surface area contributed by atoms with Crippen molar-refractivity contribution >= 4 is 22.7 Å². The Hall–Kier alpha value is -4.31. The van der Waals surface area contributed by atoms with Crippen LogP contribution < -0.4 is 5.32 Å². The Bertz CT molecular complexity index is 1330. The molecule has 7 nitrogen and oxygen atoms in total. The standard InChI is InChI=1S/C24H19N5O2/c1-14-10-18(15(2)27-19-8-4-3-7-17(19)24(30)31)23-20(11-14)28-21(12-25)22(29-23)16-6-5-9-26-13-16/h3-11,13,15,27H,1-2H3,(H,30,31)/t15-/m1/s1. The van der Waals surface area contributed by atoms with E-state index in [2.05, 4.69) is 21.4 Å². The van der Waals surface area contributed by atoms with Gasteiger partial charge in [-0.2, -0.15) is 5.26 Å². The molecule has 31 heavy (non-hydrogen) atoms. The van der Waals surface area contributed by atoms with Crippen LogP contribution in [-0.2, 0) is 0 Å². The summed E-state index contributed by atoms with van der Waals surface area (Å²) in [6, 6.07) is 16.2. The summed E-state index contributed by atoms with van der Waals surface area (Å²) < 4.78 is 0. The highest BCUT2D eigenvalue weighted by atomic mass is 16.4. The minimum Gasteiger partial charge on any atom is -0.478 e. The van der Waals surface area contributed by atoms with Crippen LogP contribution in [0.1, 0.15) is 40.1 Å². The van der Waals surface area contributed by atoms with Gasteiger partial charge in [-0.3, -0.25) is 4.98 Å². The second kappa shape index (κ2) is 8.20. The fraction of sp³-hybridized carbons (Fsp3) is 0.125. The fourth-order valence-electron chi connectivity index (χ4n) is 3.55. The number of hydrogen-bond donors (Lipinski definition) is 2. The van der Waals surface area contributed by atoms with E-state index in [4.69, 9.17) is 4.98 Å². The molecule has 1 atom stereocenters. The fourth-order valence-corrected chi connectivity index (χ4v) is 3.55. The lowest BCUT2D eigenvalue weighted by Crippen LogP contribution is -2.12. The molecule has 0 saturated heterocycles. The first-order valence-corrected chi connectivity index (χ1v) is 9.69. The molecule has 0 aliphatic heterocycles. The quantitative estimate of drug-likeness (QED) is 0.489. The first kappa shape index (κ1) is 20.0. The Kier molecular flexibility index (Phi) is 5.29. The number of nitrogens with one attached hydrogen (secondary N) is 1. The molecule has 2 heterocycles. The number of carbonyl (C=O) groups is 1. The van der Waals surface area contributed by atoms with Crippen molar-refractivity contribution in [1.82, 2.24) is 15.0 Å². The molecule has 7 heteroatoms. The number of carboxylic acid groups (broad SMARTS) is 1. The first-order chi connectivity index (χ1) is 15.0. The van der Waals surface area contributed by atoms with Gasteiger partial charge in [-0.15, -0.1) is 0 Å². The molecule has 0 bridgehead atoms. The van der Waals surface area contributed by atoms with Crippen LogP contribution in [0.5, 0.6) is 0 Å². The normalized spacial score (nSPS) is 11.6. The number of nitriles is 1. The van der Waals surface area contributed by atoms with Crippen molar-refractivity contribution in [2.45, 2.75) is 19.9 Å². The largest absolute Gasteiger partial charge is 0.478 e. The number of nitrogens with zero attached hydrogens (tertiary/aromatic N) is 4. The Morgan fingerprint density at radius 2 is 1.97 bits per heavy atom. The van der Waals surface area contributed by atoms with Crippen molar-refractivity contribution in [3.05, 3.63) is 83.3 Å². The number of benzene rings is 2. The molecule has 0 aliphatic carbocycles. The van der Waals surface area contributed by atoms with Crippen LogP contribution in [0.25, 0.3) is 22.3 Å². The van der Waals surface area contributed by atoms with E-state index in [0.717, 1.165) is 11.1 Å². The van der Waals surface area contributed by atoms with Gasteiger partial charge in [0.1, 0.15) is 11.8 Å². The van der Waals surface area contributed by atoms with Crippen molar-refractivity contribution in [2.75, 3.05) is 5.32 Å². The molecule has 4 aromatic rings. The second-order valence-electron chi connectivity index (χ2n) is 7.21. The lowest BCUT2D eigenvalue weighted by Gasteiger charge is -2.19. The molecule has 0 unspecified atom stereocenters. The maximum absolute atomic E-state index is 11.6. The number of anilines is 1. The summed E-state index contributed by atoms with van der Waals surface area (Å²) in [5, 5.41) is 22.4. The maximum atomic E-state index is 11.6. The van der Waals surface area contributed by atoms with Crippen LogP contribution in [0.4, 0.5) is 5.69 Å². The molecule has 0 fully saturated rings. The number of para-hydroxylation sites is 1. The Morgan fingerprint density at radius 1 is 1.16 bits per heavy atom. The molecule has 0 radical (unpaired) electrons. The summed E-state index contributed by atoms with van der Waals surface area (Å²) in [7, 11) is 0. The van der Waals surface area contributed by atoms with Crippen molar-refractivity contribution in [2.24, 2.45) is 0 Å². The van der Waals surface area contributed by atoms with E-state index < -0.39 is 5.97 Å². The number of carboxylic acids is 1. The van der Waals surface area contributed by atoms with Gasteiger partial charge in [0.25, 0.3) is 0 Å². The number of fused-ring (bicyclic) bond motifs is 1. The monoisotopic (exact) mass is 409 g/mol. The lowest BCUT2D eigenvalue weighted by molar-refractivity contribution is 0.0698. The van der Waals surface area contributed by atoms with Crippen LogP contribution >= 0.6 is 0 Å². The van der Waals surface area contributed by atoms with Crippen LogP contribution in [0.3, 0.4) is 0 Å². The molecule has 0 saturated carbocycles. The zero-order valence-electron chi connectivity index (χ0n) is 17.0. The predicted molar refractivity (Wildman–Crippen MR) is 118 cm³/mol. The van der Waals surface area contributed by atoms with Crippen molar-refractivity contribution < 1.29 is 9.90 Å². The van der Waals surface area contributed by atoms with Crippen LogP contribution in [-0.4, -0.2) is 26.0 Å². The van der Waals surface area contributed by atoms with Crippen molar-refractivity contribution in [3.8, 4) is 17.3 Å². The summed E-state index contributed by atoms with van der Waals surface area (Å²) in [4.78, 5) is 25.1. The number of aryl methyl sites for hydroxylation is 1. The third-order valence-electron chi connectivity index (χ3n) is 4.98. The van der Waals surface area contributed by atoms with Gasteiger partial charge >= 0.3 is 5.97 Å². The molecule has 0 amide bonds. The summed E-state index contributed by atoms with van der Waals surface area (Å²) >= 11 is 0. The Morgan fingerprint density at radius 3 is 2.68 bits per heavy atom. The Balaban J connectivity index is 1.86. The van der Waals surface area contributed by atoms with Gasteiger partial charge in [0.2, 0.25) is 0 Å². The minimum absolute atomic E-state index is 0.195. The van der Waals surface area contributed by atoms with Crippen molar-refractivity contribution in [3.63, 3.8) is 0 Å². The SMILES string of the molecule is Cc1cc([C@@H](C)Nc2ccccc2C(=O)O)c2nc(-c3cccnc3)c(C#N)nc2c1. The van der Waals surface area contributed by atoms with Gasteiger partial charge in [0, 0.05) is 29.2 Å². The Labute approximate surface area is 179 Å². The molecule has 0 aliphatic rings. The van der Waals surface area contributed by atoms with Crippen LogP contribution in [0.15, 0.2) is 60.9 Å². The van der Waals surface area contributed by atoms with Crippen LogP contribution in [0.2, 0.25) is 0 Å². The number of rotatable bonds is 5. The second-order valence-corrected chi connectivity index (χ2v) is 7.21. The summed E-state index contributed by atoms with van der Waals surface area (Å²) in [5.41, 5.74) is 5.20. The predicted octanol–water partition coefficient (Wildman–Crippen LogP) is 4.74. The number of pyridine rings is 1. The number of aromatic nitrogens is 3. The van der Waals surface area contributed by atoms with E-state index in [1.165, 1.54) is 0 Å². The molecular formula is C24H19N5O2. The zero-order chi connectivity index (χ0) is 22.0. The highest BCUT2D eigenvalue weighted by Crippen LogP contribution is 2.30. The molecule has 2 aromatic heterocycles. The van der Waals surface area contributed by atoms with Gasteiger partial charge in [0.05, 0.1) is 22.6 Å². The lowest BCUT2D eigenvalue weighted by atomic mass is 10.0. The highest BCUT2D eigenvalue weighted by Gasteiger charge is 2.18. The van der Waals surface area contributed by atoms with Gasteiger partial charge in [0.15, 0.2) is 5.69 Å². The van der Waals surface area contributed by atoms with Crippen LogP contribution in [0, 0.1) is 18.3 Å². The number of aromatic carboxylic acids is 1. The van der Waals surface area contributed by atoms with E-state index in [1.807, 2.05) is 32.0 Å². The number of hydrogen-bond acceptors (Lipinski definition) is 6. The van der Waals surface area contributed by atoms with Gasteiger partial charge < -0.3 is 10.4 Å². The van der Waals surface area contributed by atoms with E-state index in [1.54, 1.807) is 42.7 Å². The first-order valence-electron chi connectivity index (χ1n) is 9.69. The maximum Gasteiger partial charge on any atom is 0.337 e.